The molecule has 1 unspecified atom stereocenters. The summed E-state index contributed by atoms with van der Waals surface area (Å²) in [6.45, 7) is 2.79. The molecule has 0 amide bonds. The highest BCUT2D eigenvalue weighted by Crippen LogP contribution is 2.04. The molecule has 1 atom stereocenters. The average Bonchev–Trinajstić information content (AvgIpc) is 2.34. The molecule has 2 N–H and O–H groups in total. The van der Waals surface area contributed by atoms with Gasteiger partial charge in [0, 0.05) is 12.7 Å². The predicted octanol–water partition coefficient (Wildman–Crippen LogP) is 1.96. The molecule has 16 heavy (non-hydrogen) atoms. The van der Waals surface area contributed by atoms with Crippen LogP contribution in [0.15, 0.2) is 24.3 Å². The van der Waals surface area contributed by atoms with E-state index >= 15 is 0 Å². The number of methoxy groups -OCH3 is 1. The monoisotopic (exact) mass is 217 g/mol. The smallest absolute Gasteiger partial charge is 0.0665 e. The van der Waals surface area contributed by atoms with Gasteiger partial charge in [0.2, 0.25) is 0 Å². The van der Waals surface area contributed by atoms with E-state index in [1.165, 1.54) is 5.56 Å². The lowest BCUT2D eigenvalue weighted by molar-refractivity contribution is 0.202. The third-order valence-corrected chi connectivity index (χ3v) is 2.39. The van der Waals surface area contributed by atoms with Crippen LogP contribution in [-0.2, 0) is 11.2 Å². The van der Waals surface area contributed by atoms with E-state index < -0.39 is 0 Å². The van der Waals surface area contributed by atoms with Crippen molar-refractivity contribution < 1.29 is 4.74 Å². The van der Waals surface area contributed by atoms with Crippen LogP contribution in [0.1, 0.15) is 24.5 Å². The summed E-state index contributed by atoms with van der Waals surface area (Å²) < 4.78 is 5.03. The van der Waals surface area contributed by atoms with Crippen molar-refractivity contribution in [2.45, 2.75) is 25.8 Å². The summed E-state index contributed by atoms with van der Waals surface area (Å²) in [6, 6.07) is 8.20. The third-order valence-electron chi connectivity index (χ3n) is 2.39. The first-order chi connectivity index (χ1) is 7.76. The predicted molar refractivity (Wildman–Crippen MR) is 67.2 cm³/mol. The Morgan fingerprint density at radius 3 is 2.56 bits per heavy atom. The van der Waals surface area contributed by atoms with Crippen molar-refractivity contribution in [2.24, 2.45) is 5.73 Å². The van der Waals surface area contributed by atoms with E-state index in [9.17, 15) is 0 Å². The van der Waals surface area contributed by atoms with Crippen LogP contribution < -0.4 is 5.73 Å². The molecule has 1 rings (SSSR count). The molecule has 0 bridgehead atoms. The van der Waals surface area contributed by atoms with E-state index in [0.29, 0.717) is 0 Å². The molecule has 86 valence electrons. The van der Waals surface area contributed by atoms with Crippen LogP contribution in [0.25, 0.3) is 0 Å². The Bertz CT molecular complexity index is 359. The van der Waals surface area contributed by atoms with Crippen LogP contribution in [0.4, 0.5) is 0 Å². The van der Waals surface area contributed by atoms with E-state index in [-0.39, 0.29) is 6.04 Å². The van der Waals surface area contributed by atoms with Crippen molar-refractivity contribution in [1.29, 1.82) is 0 Å². The standard InChI is InChI=1S/C14H19NO/c1-3-14(15)9-8-12-4-6-13(7-5-12)10-11-16-2/h4-7,14H,3,10-11,15H2,1-2H3. The van der Waals surface area contributed by atoms with E-state index in [1.54, 1.807) is 7.11 Å². The summed E-state index contributed by atoms with van der Waals surface area (Å²) in [5, 5.41) is 0. The lowest BCUT2D eigenvalue weighted by Crippen LogP contribution is -2.15. The van der Waals surface area contributed by atoms with Crippen LogP contribution in [0.3, 0.4) is 0 Å². The molecule has 0 aliphatic rings. The quantitative estimate of drug-likeness (QED) is 0.783. The fraction of sp³-hybridized carbons (Fsp3) is 0.429. The fourth-order valence-corrected chi connectivity index (χ4v) is 1.25. The first-order valence-electron chi connectivity index (χ1n) is 5.61. The van der Waals surface area contributed by atoms with Gasteiger partial charge >= 0.3 is 0 Å². The van der Waals surface area contributed by atoms with Crippen LogP contribution in [-0.4, -0.2) is 19.8 Å². The maximum absolute atomic E-state index is 5.73. The van der Waals surface area contributed by atoms with Gasteiger partial charge in [-0.25, -0.2) is 0 Å². The second-order valence-corrected chi connectivity index (χ2v) is 3.72. The maximum atomic E-state index is 5.73. The summed E-state index contributed by atoms with van der Waals surface area (Å²) in [4.78, 5) is 0. The molecule has 0 saturated heterocycles. The molecular formula is C14H19NO. The molecule has 0 saturated carbocycles. The number of nitrogens with two attached hydrogens (primary N) is 1. The van der Waals surface area contributed by atoms with E-state index in [4.69, 9.17) is 10.5 Å². The van der Waals surface area contributed by atoms with Crippen LogP contribution in [0.2, 0.25) is 0 Å². The minimum absolute atomic E-state index is 0.0202. The molecule has 2 nitrogen and oxygen atoms in total. The first-order valence-corrected chi connectivity index (χ1v) is 5.61. The Labute approximate surface area is 97.8 Å². The largest absolute Gasteiger partial charge is 0.384 e. The van der Waals surface area contributed by atoms with Crippen molar-refractivity contribution in [3.8, 4) is 11.8 Å². The molecule has 0 aromatic heterocycles. The second kappa shape index (κ2) is 7.05. The summed E-state index contributed by atoms with van der Waals surface area (Å²) in [5.74, 6) is 6.09. The number of benzene rings is 1. The van der Waals surface area contributed by atoms with Crippen molar-refractivity contribution >= 4 is 0 Å². The molecule has 0 aliphatic heterocycles. The Morgan fingerprint density at radius 2 is 2.00 bits per heavy atom. The number of hydrogen-bond donors (Lipinski definition) is 1. The van der Waals surface area contributed by atoms with Crippen LogP contribution >= 0.6 is 0 Å². The van der Waals surface area contributed by atoms with Gasteiger partial charge in [-0.1, -0.05) is 30.9 Å². The SMILES string of the molecule is CCC(N)C#Cc1ccc(CCOC)cc1. The fourth-order valence-electron chi connectivity index (χ4n) is 1.25. The molecule has 0 heterocycles. The van der Waals surface area contributed by atoms with Gasteiger partial charge in [0.25, 0.3) is 0 Å². The van der Waals surface area contributed by atoms with Crippen LogP contribution in [0.5, 0.6) is 0 Å². The van der Waals surface area contributed by atoms with E-state index in [0.717, 1.165) is 25.0 Å². The van der Waals surface area contributed by atoms with Gasteiger partial charge in [0.1, 0.15) is 0 Å². The van der Waals surface area contributed by atoms with Crippen molar-refractivity contribution in [2.75, 3.05) is 13.7 Å². The minimum atomic E-state index is -0.0202. The highest BCUT2D eigenvalue weighted by atomic mass is 16.5. The molecule has 2 heteroatoms. The zero-order chi connectivity index (χ0) is 11.8. The minimum Gasteiger partial charge on any atom is -0.384 e. The Kier molecular flexibility index (Phi) is 5.63. The second-order valence-electron chi connectivity index (χ2n) is 3.72. The van der Waals surface area contributed by atoms with E-state index in [1.807, 2.05) is 19.1 Å². The number of ether oxygens (including phenoxy) is 1. The van der Waals surface area contributed by atoms with Gasteiger partial charge in [-0.2, -0.15) is 0 Å². The molecule has 1 aromatic rings. The molecule has 0 aliphatic carbocycles. The first kappa shape index (κ1) is 12.8. The molecule has 1 aromatic carbocycles. The highest BCUT2D eigenvalue weighted by molar-refractivity contribution is 5.37. The molecule has 0 spiro atoms. The van der Waals surface area contributed by atoms with Crippen molar-refractivity contribution in [3.63, 3.8) is 0 Å². The zero-order valence-electron chi connectivity index (χ0n) is 9.99. The normalized spacial score (nSPS) is 11.7. The van der Waals surface area contributed by atoms with Gasteiger partial charge in [0.05, 0.1) is 12.6 Å². The summed E-state index contributed by atoms with van der Waals surface area (Å²) >= 11 is 0. The Balaban J connectivity index is 2.59. The van der Waals surface area contributed by atoms with Gasteiger partial charge in [-0.3, -0.25) is 0 Å². The van der Waals surface area contributed by atoms with Gasteiger partial charge in [-0.15, -0.1) is 0 Å². The van der Waals surface area contributed by atoms with Gasteiger partial charge in [-0.05, 0) is 30.5 Å². The number of hydrogen-bond acceptors (Lipinski definition) is 2. The average molecular weight is 217 g/mol. The van der Waals surface area contributed by atoms with Gasteiger partial charge < -0.3 is 10.5 Å². The molecule has 0 radical (unpaired) electrons. The third kappa shape index (κ3) is 4.48. The Hall–Kier alpha value is -1.30. The van der Waals surface area contributed by atoms with Crippen molar-refractivity contribution in [3.05, 3.63) is 35.4 Å². The lowest BCUT2D eigenvalue weighted by Gasteiger charge is -2.00. The molecule has 0 fully saturated rings. The Morgan fingerprint density at radius 1 is 1.31 bits per heavy atom. The molecular weight excluding hydrogens is 198 g/mol. The zero-order valence-corrected chi connectivity index (χ0v) is 9.99. The van der Waals surface area contributed by atoms with Gasteiger partial charge in [0.15, 0.2) is 0 Å². The summed E-state index contributed by atoms with van der Waals surface area (Å²) in [7, 11) is 1.71. The summed E-state index contributed by atoms with van der Waals surface area (Å²) in [6.07, 6.45) is 1.83. The number of rotatable bonds is 4. The maximum Gasteiger partial charge on any atom is 0.0665 e. The summed E-state index contributed by atoms with van der Waals surface area (Å²) in [5.41, 5.74) is 8.02. The van der Waals surface area contributed by atoms with Crippen molar-refractivity contribution in [1.82, 2.24) is 0 Å². The highest BCUT2D eigenvalue weighted by Gasteiger charge is 1.93. The topological polar surface area (TPSA) is 35.2 Å². The lowest BCUT2D eigenvalue weighted by atomic mass is 10.1. The van der Waals surface area contributed by atoms with Crippen LogP contribution in [0, 0.1) is 11.8 Å². The van der Waals surface area contributed by atoms with E-state index in [2.05, 4.69) is 24.0 Å².